The number of ether oxygens (including phenoxy) is 1. The van der Waals surface area contributed by atoms with E-state index in [1.54, 1.807) is 11.9 Å². The molecule has 1 aliphatic heterocycles. The first-order valence-electron chi connectivity index (χ1n) is 8.99. The van der Waals surface area contributed by atoms with Gasteiger partial charge in [0.25, 0.3) is 5.91 Å². The van der Waals surface area contributed by atoms with Gasteiger partial charge in [0.2, 0.25) is 5.69 Å². The van der Waals surface area contributed by atoms with E-state index in [4.69, 9.17) is 4.74 Å². The number of carboxylic acids is 1. The van der Waals surface area contributed by atoms with E-state index in [1.165, 1.54) is 4.68 Å². The van der Waals surface area contributed by atoms with Crippen molar-refractivity contribution in [1.29, 1.82) is 0 Å². The number of carbonyl (C=O) groups excluding carboxylic acids is 1. The van der Waals surface area contributed by atoms with E-state index in [2.05, 4.69) is 21.0 Å². The molecule has 2 heterocycles. The van der Waals surface area contributed by atoms with Crippen molar-refractivity contribution in [3.63, 3.8) is 0 Å². The van der Waals surface area contributed by atoms with Crippen molar-refractivity contribution in [2.75, 3.05) is 13.6 Å². The molecule has 7 nitrogen and oxygen atoms in total. The first-order chi connectivity index (χ1) is 14.0. The third kappa shape index (κ3) is 3.63. The molecule has 1 aromatic heterocycles. The van der Waals surface area contributed by atoms with Gasteiger partial charge in [-0.15, -0.1) is 0 Å². The largest absolute Gasteiger partial charge is 0.484 e. The van der Waals surface area contributed by atoms with Crippen LogP contribution in [0.4, 0.5) is 0 Å². The van der Waals surface area contributed by atoms with Gasteiger partial charge in [-0.2, -0.15) is 5.10 Å². The monoisotopic (exact) mass is 455 g/mol. The van der Waals surface area contributed by atoms with Crippen molar-refractivity contribution in [3.8, 4) is 5.75 Å². The summed E-state index contributed by atoms with van der Waals surface area (Å²) in [6, 6.07) is 16.7. The zero-order chi connectivity index (χ0) is 20.5. The standard InChI is InChI=1S/C21H18BrN3O4/c1-24-11-16(14-8-5-9-15(22)10-14)25-18(20(24)26)19(17(23-25)21(27)28)29-12-13-6-3-2-4-7-13/h2-10,16H,11-12H2,1H3,(H,27,28). The minimum Gasteiger partial charge on any atom is -0.484 e. The highest BCUT2D eigenvalue weighted by atomic mass is 79.9. The molecule has 2 aromatic carbocycles. The fourth-order valence-corrected chi connectivity index (χ4v) is 3.82. The number of carboxylic acid groups (broad SMARTS) is 1. The Balaban J connectivity index is 1.80. The third-order valence-electron chi connectivity index (χ3n) is 4.82. The number of aromatic nitrogens is 2. The topological polar surface area (TPSA) is 84.7 Å². The Kier molecular flexibility index (Phi) is 5.10. The average molecular weight is 456 g/mol. The lowest BCUT2D eigenvalue weighted by atomic mass is 10.0. The third-order valence-corrected chi connectivity index (χ3v) is 5.31. The molecule has 0 aliphatic carbocycles. The Morgan fingerprint density at radius 1 is 1.24 bits per heavy atom. The highest BCUT2D eigenvalue weighted by Gasteiger charge is 2.38. The zero-order valence-electron chi connectivity index (χ0n) is 15.6. The van der Waals surface area contributed by atoms with Crippen LogP contribution in [-0.2, 0) is 6.61 Å². The number of rotatable bonds is 5. The summed E-state index contributed by atoms with van der Waals surface area (Å²) in [5.74, 6) is -1.56. The summed E-state index contributed by atoms with van der Waals surface area (Å²) in [7, 11) is 1.69. The Bertz CT molecular complexity index is 1080. The van der Waals surface area contributed by atoms with Crippen LogP contribution in [0.25, 0.3) is 0 Å². The van der Waals surface area contributed by atoms with Crippen LogP contribution in [0.1, 0.15) is 38.1 Å². The molecule has 1 unspecified atom stereocenters. The van der Waals surface area contributed by atoms with Gasteiger partial charge < -0.3 is 14.7 Å². The molecule has 0 fully saturated rings. The Morgan fingerprint density at radius 2 is 2.00 bits per heavy atom. The minimum absolute atomic E-state index is 0.00194. The molecule has 4 rings (SSSR count). The molecule has 3 aromatic rings. The van der Waals surface area contributed by atoms with E-state index >= 15 is 0 Å². The predicted molar refractivity (Wildman–Crippen MR) is 109 cm³/mol. The highest BCUT2D eigenvalue weighted by Crippen LogP contribution is 2.35. The van der Waals surface area contributed by atoms with Gasteiger partial charge in [0.1, 0.15) is 6.61 Å². The van der Waals surface area contributed by atoms with Gasteiger partial charge in [0.05, 0.1) is 6.04 Å². The number of hydrogen-bond acceptors (Lipinski definition) is 4. The van der Waals surface area contributed by atoms with Gasteiger partial charge in [-0.3, -0.25) is 4.79 Å². The lowest BCUT2D eigenvalue weighted by molar-refractivity contribution is 0.0681. The smallest absolute Gasteiger partial charge is 0.360 e. The normalized spacial score (nSPS) is 15.9. The van der Waals surface area contributed by atoms with Crippen LogP contribution in [0.2, 0.25) is 0 Å². The number of halogens is 1. The van der Waals surface area contributed by atoms with Crippen LogP contribution in [-0.4, -0.2) is 45.3 Å². The second-order valence-corrected chi connectivity index (χ2v) is 7.72. The van der Waals surface area contributed by atoms with Gasteiger partial charge >= 0.3 is 5.97 Å². The van der Waals surface area contributed by atoms with Crippen molar-refractivity contribution < 1.29 is 19.4 Å². The number of likely N-dealkylation sites (N-methyl/N-ethyl adjacent to an activating group) is 1. The van der Waals surface area contributed by atoms with Crippen LogP contribution < -0.4 is 4.74 Å². The van der Waals surface area contributed by atoms with Crippen LogP contribution in [0.5, 0.6) is 5.75 Å². The number of aromatic carboxylic acids is 1. The van der Waals surface area contributed by atoms with Crippen LogP contribution in [0.15, 0.2) is 59.1 Å². The number of benzene rings is 2. The summed E-state index contributed by atoms with van der Waals surface area (Å²) < 4.78 is 8.20. The molecule has 8 heteroatoms. The van der Waals surface area contributed by atoms with E-state index < -0.39 is 5.97 Å². The fourth-order valence-electron chi connectivity index (χ4n) is 3.41. The zero-order valence-corrected chi connectivity index (χ0v) is 17.2. The summed E-state index contributed by atoms with van der Waals surface area (Å²) in [4.78, 5) is 26.3. The van der Waals surface area contributed by atoms with Gasteiger partial charge in [0, 0.05) is 18.1 Å². The van der Waals surface area contributed by atoms with Crippen molar-refractivity contribution >= 4 is 27.8 Å². The average Bonchev–Trinajstić information content (AvgIpc) is 3.10. The minimum atomic E-state index is -1.24. The fraction of sp³-hybridized carbons (Fsp3) is 0.190. The van der Waals surface area contributed by atoms with E-state index in [0.29, 0.717) is 6.54 Å². The molecule has 0 spiro atoms. The summed E-state index contributed by atoms with van der Waals surface area (Å²) in [5, 5.41) is 13.9. The Morgan fingerprint density at radius 3 is 2.69 bits per heavy atom. The predicted octanol–water partition coefficient (Wildman–Crippen LogP) is 3.60. The van der Waals surface area contributed by atoms with Crippen LogP contribution >= 0.6 is 15.9 Å². The molecule has 0 radical (unpaired) electrons. The number of carbonyl (C=O) groups is 2. The molecule has 0 saturated carbocycles. The number of amides is 1. The first-order valence-corrected chi connectivity index (χ1v) is 9.78. The quantitative estimate of drug-likeness (QED) is 0.635. The van der Waals surface area contributed by atoms with E-state index in [-0.39, 0.29) is 35.7 Å². The first kappa shape index (κ1) is 19.2. The Hall–Kier alpha value is -3.13. The molecular weight excluding hydrogens is 438 g/mol. The van der Waals surface area contributed by atoms with Gasteiger partial charge in [-0.1, -0.05) is 58.4 Å². The van der Waals surface area contributed by atoms with Crippen molar-refractivity contribution in [1.82, 2.24) is 14.7 Å². The van der Waals surface area contributed by atoms with E-state index in [9.17, 15) is 14.7 Å². The van der Waals surface area contributed by atoms with E-state index in [1.807, 2.05) is 54.6 Å². The molecule has 1 amide bonds. The van der Waals surface area contributed by atoms with Crippen molar-refractivity contribution in [2.45, 2.75) is 12.6 Å². The maximum absolute atomic E-state index is 12.9. The summed E-state index contributed by atoms with van der Waals surface area (Å²) >= 11 is 3.46. The molecule has 0 saturated heterocycles. The van der Waals surface area contributed by atoms with Crippen molar-refractivity contribution in [3.05, 3.63) is 81.6 Å². The second-order valence-electron chi connectivity index (χ2n) is 6.81. The van der Waals surface area contributed by atoms with Crippen molar-refractivity contribution in [2.24, 2.45) is 0 Å². The van der Waals surface area contributed by atoms with Gasteiger partial charge in [0.15, 0.2) is 11.4 Å². The number of fused-ring (bicyclic) bond motifs is 1. The van der Waals surface area contributed by atoms with Gasteiger partial charge in [-0.05, 0) is 23.3 Å². The SMILES string of the molecule is CN1CC(c2cccc(Br)c2)n2nc(C(=O)O)c(OCc3ccccc3)c2C1=O. The maximum atomic E-state index is 12.9. The number of hydrogen-bond donors (Lipinski definition) is 1. The molecule has 1 aliphatic rings. The highest BCUT2D eigenvalue weighted by molar-refractivity contribution is 9.10. The van der Waals surface area contributed by atoms with Gasteiger partial charge in [-0.25, -0.2) is 9.48 Å². The van der Waals surface area contributed by atoms with Crippen LogP contribution in [0.3, 0.4) is 0 Å². The lowest BCUT2D eigenvalue weighted by Crippen LogP contribution is -2.41. The second kappa shape index (κ2) is 7.71. The van der Waals surface area contributed by atoms with E-state index in [0.717, 1.165) is 15.6 Å². The summed E-state index contributed by atoms with van der Waals surface area (Å²) in [6.07, 6.45) is 0. The molecule has 29 heavy (non-hydrogen) atoms. The summed E-state index contributed by atoms with van der Waals surface area (Å²) in [6.45, 7) is 0.513. The molecule has 148 valence electrons. The summed E-state index contributed by atoms with van der Waals surface area (Å²) in [5.41, 5.74) is 1.66. The molecule has 1 atom stereocenters. The number of nitrogens with zero attached hydrogens (tertiary/aromatic N) is 3. The Labute approximate surface area is 175 Å². The van der Waals surface area contributed by atoms with Crippen LogP contribution in [0, 0.1) is 0 Å². The molecular formula is C21H18BrN3O4. The lowest BCUT2D eigenvalue weighted by Gasteiger charge is -2.31. The molecule has 0 bridgehead atoms. The maximum Gasteiger partial charge on any atom is 0.360 e. The molecule has 1 N–H and O–H groups in total.